The molecule has 27 heavy (non-hydrogen) atoms. The first kappa shape index (κ1) is 20.3. The lowest BCUT2D eigenvalue weighted by Gasteiger charge is -2.06. The smallest absolute Gasteiger partial charge is 0.349 e. The lowest BCUT2D eigenvalue weighted by atomic mass is 10.1. The summed E-state index contributed by atoms with van der Waals surface area (Å²) in [5.74, 6) is -0.474. The van der Waals surface area contributed by atoms with Gasteiger partial charge in [-0.1, -0.05) is 18.5 Å². The van der Waals surface area contributed by atoms with Crippen LogP contribution in [0.4, 0.5) is 0 Å². The molecule has 0 saturated carbocycles. The van der Waals surface area contributed by atoms with Crippen molar-refractivity contribution in [3.63, 3.8) is 0 Å². The van der Waals surface area contributed by atoms with Gasteiger partial charge >= 0.3 is 11.9 Å². The molecule has 0 atom stereocenters. The van der Waals surface area contributed by atoms with Gasteiger partial charge in [0.15, 0.2) is 0 Å². The molecule has 7 heteroatoms. The number of ether oxygens (including phenoxy) is 2. The second-order valence-electron chi connectivity index (χ2n) is 5.42. The molecule has 0 fully saturated rings. The van der Waals surface area contributed by atoms with Gasteiger partial charge in [0.2, 0.25) is 0 Å². The first-order valence-electron chi connectivity index (χ1n) is 8.35. The molecular formula is C20H18ClNO5. The largest absolute Gasteiger partial charge is 0.462 e. The number of hydrogen-bond donors (Lipinski definition) is 0. The van der Waals surface area contributed by atoms with E-state index in [0.717, 1.165) is 0 Å². The highest BCUT2D eigenvalue weighted by molar-refractivity contribution is 6.33. The molecule has 1 heterocycles. The minimum Gasteiger partial charge on any atom is -0.462 e. The Bertz CT molecular complexity index is 907. The highest BCUT2D eigenvalue weighted by atomic mass is 35.5. The number of nitrogens with zero attached hydrogens (tertiary/aromatic N) is 1. The van der Waals surface area contributed by atoms with Crippen LogP contribution in [-0.4, -0.2) is 25.2 Å². The van der Waals surface area contributed by atoms with E-state index in [0.29, 0.717) is 30.1 Å². The highest BCUT2D eigenvalue weighted by Gasteiger charge is 2.15. The van der Waals surface area contributed by atoms with E-state index in [1.807, 2.05) is 6.92 Å². The fourth-order valence-corrected chi connectivity index (χ4v) is 2.38. The second kappa shape index (κ2) is 9.60. The fourth-order valence-electron chi connectivity index (χ4n) is 2.18. The molecule has 2 aromatic rings. The number of esters is 2. The summed E-state index contributed by atoms with van der Waals surface area (Å²) >= 11 is 6.09. The summed E-state index contributed by atoms with van der Waals surface area (Å²) < 4.78 is 15.6. The fraction of sp³-hybridized carbons (Fsp3) is 0.250. The van der Waals surface area contributed by atoms with Crippen molar-refractivity contribution in [2.24, 2.45) is 0 Å². The van der Waals surface area contributed by atoms with Crippen molar-refractivity contribution in [3.05, 3.63) is 52.3 Å². The maximum Gasteiger partial charge on any atom is 0.349 e. The number of nitriles is 1. The minimum absolute atomic E-state index is 0.169. The van der Waals surface area contributed by atoms with Gasteiger partial charge in [-0.3, -0.25) is 0 Å². The number of carbonyl (C=O) groups is 2. The van der Waals surface area contributed by atoms with Crippen LogP contribution in [0.1, 0.15) is 36.4 Å². The van der Waals surface area contributed by atoms with Gasteiger partial charge in [-0.05, 0) is 43.7 Å². The number of rotatable bonds is 7. The maximum atomic E-state index is 12.1. The van der Waals surface area contributed by atoms with Crippen molar-refractivity contribution < 1.29 is 23.5 Å². The molecule has 0 unspecified atom stereocenters. The van der Waals surface area contributed by atoms with Crippen LogP contribution in [0.3, 0.4) is 0 Å². The van der Waals surface area contributed by atoms with Crippen molar-refractivity contribution in [1.82, 2.24) is 0 Å². The Labute approximate surface area is 161 Å². The Balaban J connectivity index is 2.29. The van der Waals surface area contributed by atoms with Gasteiger partial charge in [0.25, 0.3) is 0 Å². The third-order valence-corrected chi connectivity index (χ3v) is 3.77. The molecule has 0 spiro atoms. The monoisotopic (exact) mass is 387 g/mol. The quantitative estimate of drug-likeness (QED) is 0.390. The van der Waals surface area contributed by atoms with Crippen molar-refractivity contribution in [1.29, 1.82) is 5.26 Å². The Kier molecular flexibility index (Phi) is 7.21. The summed E-state index contributed by atoms with van der Waals surface area (Å²) in [6.07, 6.45) is 2.01. The number of carbonyl (C=O) groups excluding carboxylic acids is 2. The summed E-state index contributed by atoms with van der Waals surface area (Å²) in [4.78, 5) is 23.8. The zero-order chi connectivity index (χ0) is 19.8. The minimum atomic E-state index is -0.717. The molecule has 0 N–H and O–H groups in total. The summed E-state index contributed by atoms with van der Waals surface area (Å²) in [5, 5.41) is 9.36. The first-order valence-corrected chi connectivity index (χ1v) is 8.73. The van der Waals surface area contributed by atoms with E-state index in [4.69, 9.17) is 30.8 Å². The molecule has 1 aromatic heterocycles. The molecular weight excluding hydrogens is 370 g/mol. The van der Waals surface area contributed by atoms with Gasteiger partial charge in [0.1, 0.15) is 23.2 Å². The predicted molar refractivity (Wildman–Crippen MR) is 100.0 cm³/mol. The summed E-state index contributed by atoms with van der Waals surface area (Å²) in [7, 11) is 0. The van der Waals surface area contributed by atoms with Gasteiger partial charge in [0.05, 0.1) is 23.8 Å². The summed E-state index contributed by atoms with van der Waals surface area (Å²) in [6.45, 7) is 4.03. The van der Waals surface area contributed by atoms with E-state index in [2.05, 4.69) is 0 Å². The topological polar surface area (TPSA) is 89.5 Å². The van der Waals surface area contributed by atoms with Crippen molar-refractivity contribution >= 4 is 29.6 Å². The number of furan rings is 1. The van der Waals surface area contributed by atoms with E-state index in [1.54, 1.807) is 43.3 Å². The molecule has 0 aliphatic rings. The highest BCUT2D eigenvalue weighted by Crippen LogP contribution is 2.28. The van der Waals surface area contributed by atoms with Crippen LogP contribution in [0.25, 0.3) is 17.4 Å². The average molecular weight is 388 g/mol. The molecule has 0 saturated heterocycles. The van der Waals surface area contributed by atoms with Crippen molar-refractivity contribution in [3.8, 4) is 17.4 Å². The lowest BCUT2D eigenvalue weighted by molar-refractivity contribution is -0.137. The Morgan fingerprint density at radius 3 is 2.67 bits per heavy atom. The van der Waals surface area contributed by atoms with E-state index in [1.165, 1.54) is 6.08 Å². The predicted octanol–water partition coefficient (Wildman–Crippen LogP) is 4.64. The molecule has 0 bridgehead atoms. The van der Waals surface area contributed by atoms with Crippen molar-refractivity contribution in [2.75, 3.05) is 13.2 Å². The molecule has 1 aromatic carbocycles. The molecule has 0 radical (unpaired) electrons. The molecule has 0 aliphatic carbocycles. The van der Waals surface area contributed by atoms with E-state index in [-0.39, 0.29) is 22.8 Å². The van der Waals surface area contributed by atoms with Gasteiger partial charge in [-0.2, -0.15) is 5.26 Å². The number of benzene rings is 1. The van der Waals surface area contributed by atoms with Crippen molar-refractivity contribution in [2.45, 2.75) is 20.3 Å². The number of hydrogen-bond acceptors (Lipinski definition) is 6. The first-order chi connectivity index (χ1) is 13.0. The maximum absolute atomic E-state index is 12.1. The third kappa shape index (κ3) is 5.22. The van der Waals surface area contributed by atoms with Crippen LogP contribution in [0, 0.1) is 11.3 Å². The van der Waals surface area contributed by atoms with Crippen LogP contribution in [0.5, 0.6) is 0 Å². The zero-order valence-electron chi connectivity index (χ0n) is 15.0. The Hall–Kier alpha value is -3.04. The normalized spacial score (nSPS) is 11.0. The summed E-state index contributed by atoms with van der Waals surface area (Å²) in [5.41, 5.74) is 0.676. The SMILES string of the molecule is CCCOC(=O)c1cc(-c2ccc(/C=C(\C#N)C(=O)OCC)o2)ccc1Cl. The van der Waals surface area contributed by atoms with Gasteiger partial charge in [-0.25, -0.2) is 9.59 Å². The molecule has 0 amide bonds. The van der Waals surface area contributed by atoms with Crippen LogP contribution in [0.2, 0.25) is 5.02 Å². The molecule has 2 rings (SSSR count). The van der Waals surface area contributed by atoms with Crippen LogP contribution < -0.4 is 0 Å². The lowest BCUT2D eigenvalue weighted by Crippen LogP contribution is -2.06. The number of halogens is 1. The van der Waals surface area contributed by atoms with E-state index in [9.17, 15) is 9.59 Å². The van der Waals surface area contributed by atoms with Crippen LogP contribution in [-0.2, 0) is 14.3 Å². The zero-order valence-corrected chi connectivity index (χ0v) is 15.7. The molecule has 0 aliphatic heterocycles. The van der Waals surface area contributed by atoms with Gasteiger partial charge in [-0.15, -0.1) is 0 Å². The van der Waals surface area contributed by atoms with Gasteiger partial charge in [0, 0.05) is 11.6 Å². The van der Waals surface area contributed by atoms with E-state index < -0.39 is 11.9 Å². The second-order valence-corrected chi connectivity index (χ2v) is 5.83. The van der Waals surface area contributed by atoms with Crippen LogP contribution >= 0.6 is 11.6 Å². The molecule has 140 valence electrons. The Morgan fingerprint density at radius 1 is 1.22 bits per heavy atom. The third-order valence-electron chi connectivity index (χ3n) is 3.44. The standard InChI is InChI=1S/C20H18ClNO5/c1-3-9-26-20(24)16-11-13(5-7-17(16)21)18-8-6-15(27-18)10-14(12-22)19(23)25-4-2/h5-8,10-11H,3-4,9H2,1-2H3/b14-10+. The molecule has 6 nitrogen and oxygen atoms in total. The Morgan fingerprint density at radius 2 is 2.00 bits per heavy atom. The summed E-state index contributed by atoms with van der Waals surface area (Å²) in [6, 6.07) is 9.90. The van der Waals surface area contributed by atoms with Crippen LogP contribution in [0.15, 0.2) is 40.3 Å². The average Bonchev–Trinajstić information content (AvgIpc) is 3.13. The van der Waals surface area contributed by atoms with E-state index >= 15 is 0 Å². The van der Waals surface area contributed by atoms with Gasteiger partial charge < -0.3 is 13.9 Å².